The molecule has 1 fully saturated rings. The average molecular weight is 437 g/mol. The lowest BCUT2D eigenvalue weighted by Crippen LogP contribution is -2.55. The molecule has 2 aliphatic rings. The van der Waals surface area contributed by atoms with Crippen LogP contribution in [0.3, 0.4) is 0 Å². The summed E-state index contributed by atoms with van der Waals surface area (Å²) in [4.78, 5) is 32.4. The Morgan fingerprint density at radius 2 is 1.62 bits per heavy atom. The van der Waals surface area contributed by atoms with E-state index in [0.717, 1.165) is 0 Å². The van der Waals surface area contributed by atoms with Crippen LogP contribution in [0, 0.1) is 0 Å². The number of hydrogen-bond acceptors (Lipinski definition) is 5. The summed E-state index contributed by atoms with van der Waals surface area (Å²) in [7, 11) is 0. The minimum absolute atomic E-state index is 0.146. The Morgan fingerprint density at radius 3 is 2.31 bits per heavy atom. The molecule has 2 aliphatic heterocycles. The molecule has 0 saturated carbocycles. The van der Waals surface area contributed by atoms with E-state index in [1.54, 1.807) is 21.9 Å². The van der Waals surface area contributed by atoms with Gasteiger partial charge in [-0.15, -0.1) is 0 Å². The summed E-state index contributed by atoms with van der Waals surface area (Å²) < 4.78 is 11.4. The highest BCUT2D eigenvalue weighted by molar-refractivity contribution is 6.32. The third-order valence-corrected chi connectivity index (χ3v) is 5.06. The van der Waals surface area contributed by atoms with Gasteiger partial charge < -0.3 is 24.6 Å². The van der Waals surface area contributed by atoms with Gasteiger partial charge in [-0.25, -0.2) is 9.78 Å². The zero-order valence-electron chi connectivity index (χ0n) is 15.3. The van der Waals surface area contributed by atoms with Crippen LogP contribution in [0.5, 0.6) is 11.5 Å². The topological polar surface area (TPSA) is 84.0 Å². The molecule has 1 aromatic carbocycles. The number of hydrogen-bond donors (Lipinski definition) is 1. The van der Waals surface area contributed by atoms with E-state index in [1.165, 1.54) is 12.1 Å². The lowest BCUT2D eigenvalue weighted by molar-refractivity contribution is -0.142. The highest BCUT2D eigenvalue weighted by Gasteiger charge is 2.33. The molecular formula is C19H18Cl2N4O4. The van der Waals surface area contributed by atoms with Crippen LogP contribution in [0.2, 0.25) is 10.3 Å². The van der Waals surface area contributed by atoms with E-state index in [9.17, 15) is 9.59 Å². The number of anilines is 1. The number of pyridine rings is 1. The van der Waals surface area contributed by atoms with Crippen LogP contribution in [-0.4, -0.2) is 65.6 Å². The third kappa shape index (κ3) is 4.49. The number of carbonyl (C=O) groups is 2. The highest BCUT2D eigenvalue weighted by Crippen LogP contribution is 2.31. The lowest BCUT2D eigenvalue weighted by Gasteiger charge is -2.37. The first-order chi connectivity index (χ1) is 14.0. The van der Waals surface area contributed by atoms with Crippen molar-refractivity contribution in [3.8, 4) is 11.5 Å². The number of aromatic nitrogens is 1. The van der Waals surface area contributed by atoms with Crippen LogP contribution < -0.4 is 14.8 Å². The van der Waals surface area contributed by atoms with Gasteiger partial charge >= 0.3 is 6.03 Å². The summed E-state index contributed by atoms with van der Waals surface area (Å²) in [6, 6.07) is 10.00. The van der Waals surface area contributed by atoms with Gasteiger partial charge in [0.05, 0.1) is 0 Å². The standard InChI is InChI=1S/C19H18Cl2N4O4/c20-16-9-12(10-17(21)23-16)22-19(27)25-7-5-24(6-8-25)18(26)15-11-28-13-3-1-2-4-14(13)29-15/h1-4,9-10,15H,5-8,11H2,(H,22,23,27). The summed E-state index contributed by atoms with van der Waals surface area (Å²) in [5, 5.41) is 3.13. The maximum atomic E-state index is 12.8. The van der Waals surface area contributed by atoms with Crippen molar-refractivity contribution in [1.29, 1.82) is 0 Å². The number of urea groups is 1. The molecule has 3 amide bonds. The van der Waals surface area contributed by atoms with Gasteiger partial charge in [0.2, 0.25) is 6.10 Å². The summed E-state index contributed by atoms with van der Waals surface area (Å²) >= 11 is 11.7. The zero-order chi connectivity index (χ0) is 20.4. The van der Waals surface area contributed by atoms with Crippen LogP contribution in [0.1, 0.15) is 0 Å². The molecule has 1 aromatic heterocycles. The lowest BCUT2D eigenvalue weighted by atomic mass is 10.2. The zero-order valence-corrected chi connectivity index (χ0v) is 16.8. The van der Waals surface area contributed by atoms with Crippen molar-refractivity contribution >= 4 is 40.8 Å². The van der Waals surface area contributed by atoms with E-state index in [1.807, 2.05) is 12.1 Å². The quantitative estimate of drug-likeness (QED) is 0.731. The number of rotatable bonds is 2. The van der Waals surface area contributed by atoms with Crippen molar-refractivity contribution < 1.29 is 19.1 Å². The molecule has 0 aliphatic carbocycles. The van der Waals surface area contributed by atoms with Crippen molar-refractivity contribution in [3.05, 3.63) is 46.7 Å². The molecular weight excluding hydrogens is 419 g/mol. The Bertz CT molecular complexity index is 914. The molecule has 1 unspecified atom stereocenters. The third-order valence-electron chi connectivity index (χ3n) is 4.68. The number of benzene rings is 1. The molecule has 1 N–H and O–H groups in total. The van der Waals surface area contributed by atoms with Crippen LogP contribution in [0.25, 0.3) is 0 Å². The first-order valence-electron chi connectivity index (χ1n) is 9.06. The molecule has 4 rings (SSSR count). The largest absolute Gasteiger partial charge is 0.485 e. The number of halogens is 2. The van der Waals surface area contributed by atoms with Crippen LogP contribution in [-0.2, 0) is 4.79 Å². The fourth-order valence-electron chi connectivity index (χ4n) is 3.21. The van der Waals surface area contributed by atoms with E-state index in [-0.39, 0.29) is 28.9 Å². The second kappa shape index (κ2) is 8.34. The predicted molar refractivity (Wildman–Crippen MR) is 108 cm³/mol. The summed E-state index contributed by atoms with van der Waals surface area (Å²) in [5.41, 5.74) is 0.463. The Morgan fingerprint density at radius 1 is 1.00 bits per heavy atom. The molecule has 0 spiro atoms. The first kappa shape index (κ1) is 19.6. The second-order valence-corrected chi connectivity index (χ2v) is 7.38. The van der Waals surface area contributed by atoms with Crippen molar-refractivity contribution in [2.45, 2.75) is 6.10 Å². The Balaban J connectivity index is 1.31. The summed E-state index contributed by atoms with van der Waals surface area (Å²) in [6.07, 6.45) is -0.689. The van der Waals surface area contributed by atoms with E-state index in [2.05, 4.69) is 10.3 Å². The van der Waals surface area contributed by atoms with Gasteiger partial charge in [0, 0.05) is 31.9 Å². The van der Waals surface area contributed by atoms with Crippen LogP contribution in [0.15, 0.2) is 36.4 Å². The number of fused-ring (bicyclic) bond motifs is 1. The molecule has 152 valence electrons. The van der Waals surface area contributed by atoms with Gasteiger partial charge in [-0.2, -0.15) is 0 Å². The molecule has 0 bridgehead atoms. The maximum absolute atomic E-state index is 12.8. The molecule has 29 heavy (non-hydrogen) atoms. The number of ether oxygens (including phenoxy) is 2. The number of nitrogens with zero attached hydrogens (tertiary/aromatic N) is 3. The van der Waals surface area contributed by atoms with Crippen molar-refractivity contribution in [2.24, 2.45) is 0 Å². The SMILES string of the molecule is O=C(Nc1cc(Cl)nc(Cl)c1)N1CCN(C(=O)C2COc3ccccc3O2)CC1. The van der Waals surface area contributed by atoms with Crippen LogP contribution >= 0.6 is 23.2 Å². The van der Waals surface area contributed by atoms with Gasteiger partial charge in [0.1, 0.15) is 16.9 Å². The molecule has 1 atom stereocenters. The van der Waals surface area contributed by atoms with E-state index in [4.69, 9.17) is 32.7 Å². The molecule has 1 saturated heterocycles. The fraction of sp³-hybridized carbons (Fsp3) is 0.316. The maximum Gasteiger partial charge on any atom is 0.321 e. The molecule has 0 radical (unpaired) electrons. The normalized spacial score (nSPS) is 18.3. The predicted octanol–water partition coefficient (Wildman–Crippen LogP) is 2.90. The van der Waals surface area contributed by atoms with Crippen molar-refractivity contribution in [3.63, 3.8) is 0 Å². The molecule has 10 heteroatoms. The number of piperazine rings is 1. The summed E-state index contributed by atoms with van der Waals surface area (Å²) in [5.74, 6) is 1.05. The van der Waals surface area contributed by atoms with E-state index >= 15 is 0 Å². The molecule has 3 heterocycles. The monoisotopic (exact) mass is 436 g/mol. The minimum Gasteiger partial charge on any atom is -0.485 e. The van der Waals surface area contributed by atoms with Gasteiger partial charge in [-0.1, -0.05) is 35.3 Å². The number of nitrogens with one attached hydrogen (secondary N) is 1. The van der Waals surface area contributed by atoms with Gasteiger partial charge in [-0.05, 0) is 24.3 Å². The van der Waals surface area contributed by atoms with Crippen molar-refractivity contribution in [1.82, 2.24) is 14.8 Å². The second-order valence-electron chi connectivity index (χ2n) is 6.61. The average Bonchev–Trinajstić information content (AvgIpc) is 2.72. The molecule has 8 nitrogen and oxygen atoms in total. The van der Waals surface area contributed by atoms with Gasteiger partial charge in [0.15, 0.2) is 11.5 Å². The highest BCUT2D eigenvalue weighted by atomic mass is 35.5. The van der Waals surface area contributed by atoms with E-state index in [0.29, 0.717) is 43.4 Å². The first-order valence-corrected chi connectivity index (χ1v) is 9.81. The Kier molecular flexibility index (Phi) is 5.64. The fourth-order valence-corrected chi connectivity index (χ4v) is 3.67. The Labute approximate surface area is 177 Å². The van der Waals surface area contributed by atoms with Gasteiger partial charge in [-0.3, -0.25) is 4.79 Å². The van der Waals surface area contributed by atoms with Crippen molar-refractivity contribution in [2.75, 3.05) is 38.1 Å². The minimum atomic E-state index is -0.689. The number of para-hydroxylation sites is 2. The van der Waals surface area contributed by atoms with Gasteiger partial charge in [0.25, 0.3) is 5.91 Å². The number of carbonyl (C=O) groups excluding carboxylic acids is 2. The summed E-state index contributed by atoms with van der Waals surface area (Å²) in [6.45, 7) is 1.78. The molecule has 2 aromatic rings. The van der Waals surface area contributed by atoms with E-state index < -0.39 is 6.10 Å². The Hall–Kier alpha value is -2.71. The smallest absolute Gasteiger partial charge is 0.321 e. The number of amides is 3. The van der Waals surface area contributed by atoms with Crippen LogP contribution in [0.4, 0.5) is 10.5 Å².